The lowest BCUT2D eigenvalue weighted by atomic mass is 10.2. The Balaban J connectivity index is 1.33. The highest BCUT2D eigenvalue weighted by Gasteiger charge is 2.26. The first-order valence-electron chi connectivity index (χ1n) is 10.3. The van der Waals surface area contributed by atoms with E-state index in [1.165, 1.54) is 25.2 Å². The molecule has 1 N–H and O–H groups in total. The molecule has 1 aliphatic rings. The Morgan fingerprint density at radius 3 is 2.77 bits per heavy atom. The summed E-state index contributed by atoms with van der Waals surface area (Å²) in [6.07, 6.45) is 6.15. The average Bonchev–Trinajstić information content (AvgIpc) is 3.44. The van der Waals surface area contributed by atoms with Gasteiger partial charge in [0, 0.05) is 43.5 Å². The van der Waals surface area contributed by atoms with Crippen LogP contribution in [-0.4, -0.2) is 33.9 Å². The SMILES string of the molecule is O=C(NCCc1ccccn1)c1coc(CN(Cc2ccccc2F)CC2CC2)n1. The topological polar surface area (TPSA) is 71.3 Å². The van der Waals surface area contributed by atoms with Crippen molar-refractivity contribution in [3.63, 3.8) is 0 Å². The molecule has 0 saturated heterocycles. The molecule has 1 amide bonds. The Bertz CT molecular complexity index is 972. The van der Waals surface area contributed by atoms with Gasteiger partial charge in [0.15, 0.2) is 5.69 Å². The molecule has 0 atom stereocenters. The summed E-state index contributed by atoms with van der Waals surface area (Å²) in [6, 6.07) is 12.5. The summed E-state index contributed by atoms with van der Waals surface area (Å²) >= 11 is 0. The number of benzene rings is 1. The Morgan fingerprint density at radius 2 is 2.00 bits per heavy atom. The highest BCUT2D eigenvalue weighted by atomic mass is 19.1. The molecule has 2 heterocycles. The summed E-state index contributed by atoms with van der Waals surface area (Å²) in [5.41, 5.74) is 1.82. The number of amides is 1. The third-order valence-electron chi connectivity index (χ3n) is 5.10. The Hall–Kier alpha value is -3.06. The van der Waals surface area contributed by atoms with Crippen molar-refractivity contribution in [2.24, 2.45) is 5.92 Å². The number of nitrogens with zero attached hydrogens (tertiary/aromatic N) is 3. The fourth-order valence-electron chi connectivity index (χ4n) is 3.34. The van der Waals surface area contributed by atoms with Crippen LogP contribution in [0.1, 0.15) is 40.5 Å². The average molecular weight is 408 g/mol. The summed E-state index contributed by atoms with van der Waals surface area (Å²) in [7, 11) is 0. The maximum Gasteiger partial charge on any atom is 0.273 e. The Labute approximate surface area is 175 Å². The monoisotopic (exact) mass is 408 g/mol. The van der Waals surface area contributed by atoms with Crippen molar-refractivity contribution in [2.45, 2.75) is 32.4 Å². The van der Waals surface area contributed by atoms with Crippen molar-refractivity contribution in [1.82, 2.24) is 20.2 Å². The molecule has 4 rings (SSSR count). The number of aromatic nitrogens is 2. The van der Waals surface area contributed by atoms with Gasteiger partial charge in [0.2, 0.25) is 5.89 Å². The minimum absolute atomic E-state index is 0.210. The molecule has 1 saturated carbocycles. The summed E-state index contributed by atoms with van der Waals surface area (Å²) in [6.45, 7) is 2.25. The first-order chi connectivity index (χ1) is 14.7. The van der Waals surface area contributed by atoms with Gasteiger partial charge in [-0.25, -0.2) is 9.37 Å². The maximum absolute atomic E-state index is 14.1. The first-order valence-corrected chi connectivity index (χ1v) is 10.3. The third kappa shape index (κ3) is 5.73. The standard InChI is InChI=1S/C23H25FN4O2/c24-20-7-2-1-5-18(20)14-28(13-17-8-9-17)15-22-27-21(16-30-22)23(29)26-12-10-19-6-3-4-11-25-19/h1-7,11,16-17H,8-10,12-15H2,(H,26,29). The second-order valence-electron chi connectivity index (χ2n) is 7.66. The number of halogens is 1. The van der Waals surface area contributed by atoms with Crippen LogP contribution in [-0.2, 0) is 19.5 Å². The summed E-state index contributed by atoms with van der Waals surface area (Å²) in [5.74, 6) is 0.616. The van der Waals surface area contributed by atoms with Gasteiger partial charge in [0.25, 0.3) is 5.91 Å². The van der Waals surface area contributed by atoms with Gasteiger partial charge in [-0.1, -0.05) is 24.3 Å². The van der Waals surface area contributed by atoms with Crippen molar-refractivity contribution >= 4 is 5.91 Å². The molecular weight excluding hydrogens is 383 g/mol. The zero-order chi connectivity index (χ0) is 20.8. The molecule has 1 fully saturated rings. The zero-order valence-electron chi connectivity index (χ0n) is 16.8. The van der Waals surface area contributed by atoms with Crippen LogP contribution in [0.2, 0.25) is 0 Å². The molecule has 1 aliphatic carbocycles. The summed E-state index contributed by atoms with van der Waals surface area (Å²) in [5, 5.41) is 2.84. The van der Waals surface area contributed by atoms with Gasteiger partial charge in [-0.3, -0.25) is 14.7 Å². The lowest BCUT2D eigenvalue weighted by Gasteiger charge is -2.20. The van der Waals surface area contributed by atoms with Crippen molar-refractivity contribution < 1.29 is 13.6 Å². The van der Waals surface area contributed by atoms with E-state index in [1.807, 2.05) is 24.3 Å². The molecule has 6 nitrogen and oxygen atoms in total. The first kappa shape index (κ1) is 20.2. The van der Waals surface area contributed by atoms with E-state index in [1.54, 1.807) is 18.3 Å². The fraction of sp³-hybridized carbons (Fsp3) is 0.348. The van der Waals surface area contributed by atoms with Crippen LogP contribution in [0.5, 0.6) is 0 Å². The molecule has 0 spiro atoms. The van der Waals surface area contributed by atoms with E-state index in [4.69, 9.17) is 4.42 Å². The Morgan fingerprint density at radius 1 is 1.17 bits per heavy atom. The van der Waals surface area contributed by atoms with Crippen LogP contribution in [0.4, 0.5) is 4.39 Å². The second-order valence-corrected chi connectivity index (χ2v) is 7.66. The largest absolute Gasteiger partial charge is 0.447 e. The number of hydrogen-bond donors (Lipinski definition) is 1. The van der Waals surface area contributed by atoms with E-state index >= 15 is 0 Å². The molecular formula is C23H25FN4O2. The highest BCUT2D eigenvalue weighted by molar-refractivity contribution is 5.91. The van der Waals surface area contributed by atoms with Gasteiger partial charge in [-0.05, 0) is 37.0 Å². The van der Waals surface area contributed by atoms with Crippen LogP contribution < -0.4 is 5.32 Å². The highest BCUT2D eigenvalue weighted by Crippen LogP contribution is 2.30. The minimum Gasteiger partial charge on any atom is -0.447 e. The maximum atomic E-state index is 14.1. The molecule has 156 valence electrons. The van der Waals surface area contributed by atoms with Crippen LogP contribution in [0.3, 0.4) is 0 Å². The van der Waals surface area contributed by atoms with E-state index in [9.17, 15) is 9.18 Å². The van der Waals surface area contributed by atoms with Crippen LogP contribution in [0, 0.1) is 11.7 Å². The number of rotatable bonds is 10. The van der Waals surface area contributed by atoms with E-state index in [-0.39, 0.29) is 17.4 Å². The number of pyridine rings is 1. The van der Waals surface area contributed by atoms with E-state index in [0.717, 1.165) is 12.2 Å². The van der Waals surface area contributed by atoms with Gasteiger partial charge < -0.3 is 9.73 Å². The number of oxazole rings is 1. The zero-order valence-corrected chi connectivity index (χ0v) is 16.8. The van der Waals surface area contributed by atoms with E-state index < -0.39 is 0 Å². The van der Waals surface area contributed by atoms with E-state index in [0.29, 0.717) is 43.4 Å². The van der Waals surface area contributed by atoms with Gasteiger partial charge in [0.1, 0.15) is 12.1 Å². The molecule has 0 bridgehead atoms. The van der Waals surface area contributed by atoms with Gasteiger partial charge in [0.05, 0.1) is 6.54 Å². The number of nitrogens with one attached hydrogen (secondary N) is 1. The predicted molar refractivity (Wildman–Crippen MR) is 110 cm³/mol. The molecule has 2 aromatic heterocycles. The third-order valence-corrected chi connectivity index (χ3v) is 5.10. The fourth-order valence-corrected chi connectivity index (χ4v) is 3.34. The smallest absolute Gasteiger partial charge is 0.273 e. The molecule has 0 radical (unpaired) electrons. The van der Waals surface area contributed by atoms with Crippen molar-refractivity contribution in [2.75, 3.05) is 13.1 Å². The van der Waals surface area contributed by atoms with Crippen molar-refractivity contribution in [3.8, 4) is 0 Å². The summed E-state index contributed by atoms with van der Waals surface area (Å²) in [4.78, 5) is 23.0. The molecule has 30 heavy (non-hydrogen) atoms. The van der Waals surface area contributed by atoms with Gasteiger partial charge in [-0.15, -0.1) is 0 Å². The molecule has 1 aromatic carbocycles. The normalized spacial score (nSPS) is 13.5. The molecule has 3 aromatic rings. The lowest BCUT2D eigenvalue weighted by Crippen LogP contribution is -2.27. The molecule has 0 unspecified atom stereocenters. The molecule has 7 heteroatoms. The van der Waals surface area contributed by atoms with Gasteiger partial charge in [-0.2, -0.15) is 0 Å². The quantitative estimate of drug-likeness (QED) is 0.555. The molecule has 0 aliphatic heterocycles. The van der Waals surface area contributed by atoms with E-state index in [2.05, 4.69) is 20.2 Å². The van der Waals surface area contributed by atoms with Crippen molar-refractivity contribution in [1.29, 1.82) is 0 Å². The number of hydrogen-bond acceptors (Lipinski definition) is 5. The second kappa shape index (κ2) is 9.63. The minimum atomic E-state index is -0.274. The van der Waals surface area contributed by atoms with Crippen LogP contribution >= 0.6 is 0 Å². The predicted octanol–water partition coefficient (Wildman–Crippen LogP) is 3.59. The number of carbonyl (C=O) groups excluding carboxylic acids is 1. The summed E-state index contributed by atoms with van der Waals surface area (Å²) < 4.78 is 19.6. The number of carbonyl (C=O) groups is 1. The van der Waals surface area contributed by atoms with Gasteiger partial charge >= 0.3 is 0 Å². The van der Waals surface area contributed by atoms with Crippen molar-refractivity contribution in [3.05, 3.63) is 83.6 Å². The van der Waals surface area contributed by atoms with Crippen LogP contribution in [0.25, 0.3) is 0 Å². The lowest BCUT2D eigenvalue weighted by molar-refractivity contribution is 0.0949. The van der Waals surface area contributed by atoms with Crippen LogP contribution in [0.15, 0.2) is 59.3 Å². The Kier molecular flexibility index (Phi) is 6.49.